The number of hydrogen-bond acceptors (Lipinski definition) is 6. The van der Waals surface area contributed by atoms with Gasteiger partial charge in [-0.1, -0.05) is 0 Å². The van der Waals surface area contributed by atoms with E-state index in [0.717, 1.165) is 5.56 Å². The van der Waals surface area contributed by atoms with E-state index >= 15 is 0 Å². The molecule has 0 aliphatic heterocycles. The van der Waals surface area contributed by atoms with E-state index in [-0.39, 0.29) is 11.6 Å². The maximum Gasteiger partial charge on any atom is 0.272 e. The molecule has 1 amide bonds. The van der Waals surface area contributed by atoms with Crippen LogP contribution in [0.15, 0.2) is 49.3 Å². The lowest BCUT2D eigenvalue weighted by molar-refractivity contribution is 0.0945. The quantitative estimate of drug-likeness (QED) is 0.742. The standard InChI is InChI=1S/C13H11N7O/c21-13(16-7-10-3-5-14-6-4-10)11-1-2-12(19-18-11)20-9-15-8-17-20/h1-6,8-9H,7H2,(H,16,21). The van der Waals surface area contributed by atoms with Crippen molar-refractivity contribution in [3.8, 4) is 5.82 Å². The van der Waals surface area contributed by atoms with Crippen molar-refractivity contribution in [2.24, 2.45) is 0 Å². The molecular formula is C13H11N7O. The topological polar surface area (TPSA) is 98.5 Å². The Kier molecular flexibility index (Phi) is 3.59. The third-order valence-electron chi connectivity index (χ3n) is 2.74. The molecule has 0 aliphatic carbocycles. The summed E-state index contributed by atoms with van der Waals surface area (Å²) < 4.78 is 1.46. The van der Waals surface area contributed by atoms with Gasteiger partial charge in [0.2, 0.25) is 0 Å². The van der Waals surface area contributed by atoms with Gasteiger partial charge in [0.1, 0.15) is 12.7 Å². The summed E-state index contributed by atoms with van der Waals surface area (Å²) in [6.45, 7) is 0.411. The van der Waals surface area contributed by atoms with Gasteiger partial charge in [0.15, 0.2) is 11.5 Å². The fourth-order valence-electron chi connectivity index (χ4n) is 1.67. The number of pyridine rings is 1. The van der Waals surface area contributed by atoms with Crippen molar-refractivity contribution < 1.29 is 4.79 Å². The SMILES string of the molecule is O=C(NCc1ccncc1)c1ccc(-n2cncn2)nn1. The Bertz CT molecular complexity index is 710. The number of carbonyl (C=O) groups is 1. The monoisotopic (exact) mass is 281 g/mol. The van der Waals surface area contributed by atoms with Crippen LogP contribution in [0.1, 0.15) is 16.1 Å². The van der Waals surface area contributed by atoms with Crippen LogP contribution in [0.5, 0.6) is 0 Å². The van der Waals surface area contributed by atoms with Crippen molar-refractivity contribution in [2.45, 2.75) is 6.54 Å². The van der Waals surface area contributed by atoms with Gasteiger partial charge in [-0.2, -0.15) is 5.10 Å². The third kappa shape index (κ3) is 3.06. The van der Waals surface area contributed by atoms with E-state index in [9.17, 15) is 4.79 Å². The summed E-state index contributed by atoms with van der Waals surface area (Å²) in [6.07, 6.45) is 6.26. The number of nitrogens with one attached hydrogen (secondary N) is 1. The van der Waals surface area contributed by atoms with Crippen LogP contribution in [0.25, 0.3) is 5.82 Å². The zero-order valence-electron chi connectivity index (χ0n) is 10.9. The lowest BCUT2D eigenvalue weighted by Gasteiger charge is -2.04. The van der Waals surface area contributed by atoms with Crippen molar-refractivity contribution >= 4 is 5.91 Å². The van der Waals surface area contributed by atoms with E-state index in [2.05, 4.69) is 30.6 Å². The first kappa shape index (κ1) is 12.9. The Morgan fingerprint density at radius 1 is 1.10 bits per heavy atom. The fraction of sp³-hybridized carbons (Fsp3) is 0.0769. The molecule has 0 saturated carbocycles. The number of hydrogen-bond donors (Lipinski definition) is 1. The molecule has 3 aromatic rings. The van der Waals surface area contributed by atoms with Crippen LogP contribution in [0.4, 0.5) is 0 Å². The highest BCUT2D eigenvalue weighted by atomic mass is 16.1. The minimum Gasteiger partial charge on any atom is -0.347 e. The molecule has 3 aromatic heterocycles. The van der Waals surface area contributed by atoms with Crippen LogP contribution in [-0.2, 0) is 6.54 Å². The van der Waals surface area contributed by atoms with E-state index in [4.69, 9.17) is 0 Å². The second kappa shape index (κ2) is 5.87. The molecule has 0 aliphatic rings. The molecule has 0 unspecified atom stereocenters. The van der Waals surface area contributed by atoms with Gasteiger partial charge in [-0.25, -0.2) is 9.67 Å². The molecule has 3 rings (SSSR count). The molecule has 0 spiro atoms. The first-order valence-corrected chi connectivity index (χ1v) is 6.19. The maximum atomic E-state index is 12.0. The second-order valence-corrected chi connectivity index (χ2v) is 4.15. The summed E-state index contributed by atoms with van der Waals surface area (Å²) in [5.41, 5.74) is 1.21. The van der Waals surface area contributed by atoms with Gasteiger partial charge in [-0.15, -0.1) is 10.2 Å². The van der Waals surface area contributed by atoms with E-state index in [1.165, 1.54) is 17.3 Å². The number of aromatic nitrogens is 6. The summed E-state index contributed by atoms with van der Waals surface area (Å²) in [7, 11) is 0. The summed E-state index contributed by atoms with van der Waals surface area (Å²) in [6, 6.07) is 6.91. The molecule has 0 radical (unpaired) electrons. The largest absolute Gasteiger partial charge is 0.347 e. The van der Waals surface area contributed by atoms with Crippen molar-refractivity contribution in [2.75, 3.05) is 0 Å². The molecule has 0 fully saturated rings. The maximum absolute atomic E-state index is 12.0. The number of amides is 1. The molecule has 0 saturated heterocycles. The Balaban J connectivity index is 1.65. The zero-order chi connectivity index (χ0) is 14.5. The summed E-state index contributed by atoms with van der Waals surface area (Å²) in [4.78, 5) is 19.7. The van der Waals surface area contributed by atoms with Crippen molar-refractivity contribution in [1.82, 2.24) is 35.3 Å². The fourth-order valence-corrected chi connectivity index (χ4v) is 1.67. The Morgan fingerprint density at radius 2 is 1.95 bits per heavy atom. The van der Waals surface area contributed by atoms with Crippen LogP contribution in [-0.4, -0.2) is 35.9 Å². The molecule has 3 heterocycles. The van der Waals surface area contributed by atoms with Gasteiger partial charge < -0.3 is 5.32 Å². The molecule has 0 atom stereocenters. The Hall–Kier alpha value is -3.16. The number of rotatable bonds is 4. The average molecular weight is 281 g/mol. The lowest BCUT2D eigenvalue weighted by atomic mass is 10.2. The van der Waals surface area contributed by atoms with Crippen molar-refractivity contribution in [1.29, 1.82) is 0 Å². The summed E-state index contributed by atoms with van der Waals surface area (Å²) in [5, 5.41) is 14.5. The van der Waals surface area contributed by atoms with Gasteiger partial charge in [-0.05, 0) is 29.8 Å². The van der Waals surface area contributed by atoms with Crippen molar-refractivity contribution in [3.05, 3.63) is 60.6 Å². The van der Waals surface area contributed by atoms with Crippen LogP contribution in [0.2, 0.25) is 0 Å². The molecular weight excluding hydrogens is 270 g/mol. The van der Waals surface area contributed by atoms with Crippen LogP contribution < -0.4 is 5.32 Å². The highest BCUT2D eigenvalue weighted by Gasteiger charge is 2.08. The lowest BCUT2D eigenvalue weighted by Crippen LogP contribution is -2.24. The Labute approximate surface area is 119 Å². The highest BCUT2D eigenvalue weighted by molar-refractivity contribution is 5.92. The molecule has 0 aromatic carbocycles. The van der Waals surface area contributed by atoms with E-state index < -0.39 is 0 Å². The number of nitrogens with zero attached hydrogens (tertiary/aromatic N) is 6. The molecule has 21 heavy (non-hydrogen) atoms. The second-order valence-electron chi connectivity index (χ2n) is 4.15. The minimum atomic E-state index is -0.288. The Morgan fingerprint density at radius 3 is 2.62 bits per heavy atom. The van der Waals surface area contributed by atoms with Gasteiger partial charge in [0, 0.05) is 18.9 Å². The molecule has 8 nitrogen and oxygen atoms in total. The molecule has 1 N–H and O–H groups in total. The minimum absolute atomic E-state index is 0.243. The average Bonchev–Trinajstić information content (AvgIpc) is 3.08. The smallest absolute Gasteiger partial charge is 0.272 e. The van der Waals surface area contributed by atoms with Crippen molar-refractivity contribution in [3.63, 3.8) is 0 Å². The molecule has 8 heteroatoms. The van der Waals surface area contributed by atoms with E-state index in [1.807, 2.05) is 12.1 Å². The first-order valence-electron chi connectivity index (χ1n) is 6.19. The predicted molar refractivity (Wildman–Crippen MR) is 72.4 cm³/mol. The predicted octanol–water partition coefficient (Wildman–Crippen LogP) is 0.382. The van der Waals surface area contributed by atoms with Gasteiger partial charge in [-0.3, -0.25) is 9.78 Å². The normalized spacial score (nSPS) is 10.3. The highest BCUT2D eigenvalue weighted by Crippen LogP contribution is 2.02. The number of carbonyl (C=O) groups excluding carboxylic acids is 1. The summed E-state index contributed by atoms with van der Waals surface area (Å²) in [5.74, 6) is 0.211. The van der Waals surface area contributed by atoms with E-state index in [0.29, 0.717) is 12.4 Å². The molecule has 104 valence electrons. The van der Waals surface area contributed by atoms with Gasteiger partial charge >= 0.3 is 0 Å². The van der Waals surface area contributed by atoms with Crippen LogP contribution in [0.3, 0.4) is 0 Å². The van der Waals surface area contributed by atoms with Crippen LogP contribution >= 0.6 is 0 Å². The van der Waals surface area contributed by atoms with Crippen LogP contribution in [0, 0.1) is 0 Å². The van der Waals surface area contributed by atoms with Gasteiger partial charge in [0.05, 0.1) is 0 Å². The van der Waals surface area contributed by atoms with E-state index in [1.54, 1.807) is 24.5 Å². The summed E-state index contributed by atoms with van der Waals surface area (Å²) >= 11 is 0. The molecule has 0 bridgehead atoms. The first-order chi connectivity index (χ1) is 10.3. The third-order valence-corrected chi connectivity index (χ3v) is 2.74. The zero-order valence-corrected chi connectivity index (χ0v) is 10.9. The van der Waals surface area contributed by atoms with Gasteiger partial charge in [0.25, 0.3) is 5.91 Å².